The van der Waals surface area contributed by atoms with E-state index in [4.69, 9.17) is 4.74 Å². The second-order valence-corrected chi connectivity index (χ2v) is 6.41. The molecular weight excluding hydrogens is 326 g/mol. The van der Waals surface area contributed by atoms with E-state index in [1.807, 2.05) is 54.6 Å². The van der Waals surface area contributed by atoms with Gasteiger partial charge in [-0.25, -0.2) is 0 Å². The van der Waals surface area contributed by atoms with Gasteiger partial charge in [-0.05, 0) is 25.0 Å². The molecule has 1 aliphatic heterocycles. The third-order valence-electron chi connectivity index (χ3n) is 4.78. The quantitative estimate of drug-likeness (QED) is 0.609. The largest absolute Gasteiger partial charge is 0.496 e. The lowest BCUT2D eigenvalue weighted by molar-refractivity contribution is -0.127. The molecular formula is C22H23NO3. The minimum absolute atomic E-state index is 0.000327. The number of benzene rings is 2. The molecule has 2 aromatic rings. The van der Waals surface area contributed by atoms with Gasteiger partial charge in [-0.1, -0.05) is 48.5 Å². The molecule has 1 aliphatic rings. The number of rotatable bonds is 5. The fraction of sp³-hybridized carbons (Fsp3) is 0.273. The zero-order chi connectivity index (χ0) is 18.4. The maximum Gasteiger partial charge on any atom is 0.246 e. The monoisotopic (exact) mass is 349 g/mol. The van der Waals surface area contributed by atoms with Crippen molar-refractivity contribution in [2.45, 2.75) is 12.8 Å². The Morgan fingerprint density at radius 1 is 1.00 bits per heavy atom. The molecule has 0 saturated carbocycles. The number of para-hydroxylation sites is 1. The average Bonchev–Trinajstić information content (AvgIpc) is 2.72. The highest BCUT2D eigenvalue weighted by Gasteiger charge is 2.27. The molecule has 4 heteroatoms. The van der Waals surface area contributed by atoms with Crippen LogP contribution in [-0.2, 0) is 4.79 Å². The van der Waals surface area contributed by atoms with Crippen LogP contribution in [0, 0.1) is 5.92 Å². The van der Waals surface area contributed by atoms with E-state index in [9.17, 15) is 9.59 Å². The minimum atomic E-state index is -0.0264. The number of methoxy groups -OCH3 is 1. The molecule has 0 N–H and O–H groups in total. The van der Waals surface area contributed by atoms with Crippen LogP contribution < -0.4 is 4.74 Å². The summed E-state index contributed by atoms with van der Waals surface area (Å²) in [7, 11) is 1.61. The van der Waals surface area contributed by atoms with Crippen LogP contribution >= 0.6 is 0 Å². The van der Waals surface area contributed by atoms with Crippen LogP contribution in [0.3, 0.4) is 0 Å². The predicted molar refractivity (Wildman–Crippen MR) is 102 cm³/mol. The zero-order valence-electron chi connectivity index (χ0n) is 14.9. The molecule has 0 atom stereocenters. The molecule has 0 unspecified atom stereocenters. The Morgan fingerprint density at radius 3 is 2.35 bits per heavy atom. The Bertz CT molecular complexity index is 790. The zero-order valence-corrected chi connectivity index (χ0v) is 14.9. The van der Waals surface area contributed by atoms with Crippen molar-refractivity contribution in [2.24, 2.45) is 5.92 Å². The summed E-state index contributed by atoms with van der Waals surface area (Å²) in [6, 6.07) is 17.0. The Balaban J connectivity index is 1.57. The van der Waals surface area contributed by atoms with Crippen LogP contribution in [0.15, 0.2) is 60.7 Å². The van der Waals surface area contributed by atoms with Crippen molar-refractivity contribution in [3.63, 3.8) is 0 Å². The number of likely N-dealkylation sites (tertiary alicyclic amines) is 1. The lowest BCUT2D eigenvalue weighted by Gasteiger charge is -2.30. The first-order valence-corrected chi connectivity index (χ1v) is 8.88. The molecule has 26 heavy (non-hydrogen) atoms. The molecule has 0 radical (unpaired) electrons. The molecule has 0 spiro atoms. The van der Waals surface area contributed by atoms with Crippen LogP contribution in [-0.4, -0.2) is 36.8 Å². The predicted octanol–water partition coefficient (Wildman–Crippen LogP) is 3.83. The van der Waals surface area contributed by atoms with E-state index >= 15 is 0 Å². The van der Waals surface area contributed by atoms with Gasteiger partial charge in [-0.2, -0.15) is 0 Å². The van der Waals surface area contributed by atoms with E-state index in [2.05, 4.69) is 0 Å². The first-order valence-electron chi connectivity index (χ1n) is 8.88. The summed E-state index contributed by atoms with van der Waals surface area (Å²) in [5, 5.41) is 0. The summed E-state index contributed by atoms with van der Waals surface area (Å²) in [5.74, 6) is 0.896. The Morgan fingerprint density at radius 2 is 1.65 bits per heavy atom. The molecule has 1 heterocycles. The third-order valence-corrected chi connectivity index (χ3v) is 4.78. The molecule has 4 nitrogen and oxygen atoms in total. The van der Waals surface area contributed by atoms with Crippen molar-refractivity contribution in [1.82, 2.24) is 4.90 Å². The van der Waals surface area contributed by atoms with Crippen molar-refractivity contribution in [3.8, 4) is 5.75 Å². The van der Waals surface area contributed by atoms with E-state index in [0.717, 1.165) is 16.9 Å². The highest BCUT2D eigenvalue weighted by atomic mass is 16.5. The lowest BCUT2D eigenvalue weighted by atomic mass is 9.89. The maximum absolute atomic E-state index is 12.5. The molecule has 0 aliphatic carbocycles. The van der Waals surface area contributed by atoms with Crippen LogP contribution in [0.1, 0.15) is 28.8 Å². The number of ether oxygens (including phenoxy) is 1. The van der Waals surface area contributed by atoms with E-state index in [-0.39, 0.29) is 17.6 Å². The van der Waals surface area contributed by atoms with Crippen molar-refractivity contribution in [1.29, 1.82) is 0 Å². The summed E-state index contributed by atoms with van der Waals surface area (Å²) >= 11 is 0. The van der Waals surface area contributed by atoms with Crippen LogP contribution in [0.4, 0.5) is 0 Å². The summed E-state index contributed by atoms with van der Waals surface area (Å²) in [5.41, 5.74) is 1.63. The van der Waals surface area contributed by atoms with Gasteiger partial charge in [0.25, 0.3) is 0 Å². The van der Waals surface area contributed by atoms with Crippen molar-refractivity contribution < 1.29 is 14.3 Å². The van der Waals surface area contributed by atoms with Gasteiger partial charge in [-0.15, -0.1) is 0 Å². The SMILES string of the molecule is COc1ccccc1/C=C/C(=O)N1CCC(C(=O)c2ccccc2)CC1. The fourth-order valence-corrected chi connectivity index (χ4v) is 3.27. The van der Waals surface area contributed by atoms with Crippen LogP contribution in [0.25, 0.3) is 6.08 Å². The lowest BCUT2D eigenvalue weighted by Crippen LogP contribution is -2.39. The number of amides is 1. The Kier molecular flexibility index (Phi) is 5.84. The second kappa shape index (κ2) is 8.48. The highest BCUT2D eigenvalue weighted by molar-refractivity contribution is 5.98. The number of hydrogen-bond acceptors (Lipinski definition) is 3. The van der Waals surface area contributed by atoms with Crippen LogP contribution in [0.5, 0.6) is 5.75 Å². The minimum Gasteiger partial charge on any atom is -0.496 e. The molecule has 1 fully saturated rings. The molecule has 3 rings (SSSR count). The Hall–Kier alpha value is -2.88. The van der Waals surface area contributed by atoms with E-state index < -0.39 is 0 Å². The molecule has 0 aromatic heterocycles. The summed E-state index contributed by atoms with van der Waals surface area (Å²) < 4.78 is 5.29. The molecule has 2 aromatic carbocycles. The number of piperidine rings is 1. The van der Waals surface area contributed by atoms with Gasteiger partial charge >= 0.3 is 0 Å². The summed E-state index contributed by atoms with van der Waals surface area (Å²) in [6.07, 6.45) is 4.78. The Labute approximate surface area is 154 Å². The number of carbonyl (C=O) groups is 2. The van der Waals surface area contributed by atoms with Crippen molar-refractivity contribution in [2.75, 3.05) is 20.2 Å². The molecule has 0 bridgehead atoms. The number of Topliss-reactive ketones (excluding diaryl/α,β-unsaturated/α-hetero) is 1. The number of hydrogen-bond donors (Lipinski definition) is 0. The van der Waals surface area contributed by atoms with Gasteiger partial charge in [0.1, 0.15) is 5.75 Å². The van der Waals surface area contributed by atoms with Gasteiger partial charge in [0.15, 0.2) is 5.78 Å². The maximum atomic E-state index is 12.5. The van der Waals surface area contributed by atoms with Gasteiger partial charge in [-0.3, -0.25) is 9.59 Å². The van der Waals surface area contributed by atoms with Gasteiger partial charge in [0, 0.05) is 36.2 Å². The normalized spacial score (nSPS) is 15.2. The van der Waals surface area contributed by atoms with Gasteiger partial charge in [0.05, 0.1) is 7.11 Å². The van der Waals surface area contributed by atoms with Gasteiger partial charge < -0.3 is 9.64 Å². The third kappa shape index (κ3) is 4.20. The first kappa shape index (κ1) is 17.9. The topological polar surface area (TPSA) is 46.6 Å². The van der Waals surface area contributed by atoms with E-state index in [0.29, 0.717) is 25.9 Å². The summed E-state index contributed by atoms with van der Waals surface area (Å²) in [4.78, 5) is 26.8. The van der Waals surface area contributed by atoms with E-state index in [1.165, 1.54) is 0 Å². The number of carbonyl (C=O) groups excluding carboxylic acids is 2. The van der Waals surface area contributed by atoms with Crippen molar-refractivity contribution >= 4 is 17.8 Å². The van der Waals surface area contributed by atoms with Crippen LogP contribution in [0.2, 0.25) is 0 Å². The fourth-order valence-electron chi connectivity index (χ4n) is 3.27. The smallest absolute Gasteiger partial charge is 0.246 e. The van der Waals surface area contributed by atoms with Crippen molar-refractivity contribution in [3.05, 3.63) is 71.8 Å². The first-order chi connectivity index (χ1) is 12.7. The summed E-state index contributed by atoms with van der Waals surface area (Å²) in [6.45, 7) is 1.22. The number of nitrogens with zero attached hydrogens (tertiary/aromatic N) is 1. The molecule has 1 saturated heterocycles. The average molecular weight is 349 g/mol. The second-order valence-electron chi connectivity index (χ2n) is 6.41. The number of ketones is 1. The van der Waals surface area contributed by atoms with E-state index in [1.54, 1.807) is 24.2 Å². The molecule has 134 valence electrons. The van der Waals surface area contributed by atoms with Gasteiger partial charge in [0.2, 0.25) is 5.91 Å². The standard InChI is InChI=1S/C22H23NO3/c1-26-20-10-6-5-7-17(20)11-12-21(24)23-15-13-19(14-16-23)22(25)18-8-3-2-4-9-18/h2-12,19H,13-16H2,1H3/b12-11+. The highest BCUT2D eigenvalue weighted by Crippen LogP contribution is 2.23. The molecule has 1 amide bonds.